The molecular weight excluding hydrogens is 354 g/mol. The first kappa shape index (κ1) is 18.8. The van der Waals surface area contributed by atoms with Crippen LogP contribution in [0.2, 0.25) is 0 Å². The molecule has 0 spiro atoms. The lowest BCUT2D eigenvalue weighted by atomic mass is 9.95. The molecule has 3 rings (SSSR count). The molecular formula is C18H21N3O6. The number of benzene rings is 1. The van der Waals surface area contributed by atoms with Crippen LogP contribution in [0.5, 0.6) is 0 Å². The summed E-state index contributed by atoms with van der Waals surface area (Å²) < 4.78 is 0. The number of aliphatic carboxylic acids is 1. The van der Waals surface area contributed by atoms with Crippen LogP contribution in [0.1, 0.15) is 24.5 Å². The number of hydrogen-bond donors (Lipinski definition) is 3. The van der Waals surface area contributed by atoms with Crippen molar-refractivity contribution in [3.63, 3.8) is 0 Å². The molecule has 9 nitrogen and oxygen atoms in total. The van der Waals surface area contributed by atoms with Crippen molar-refractivity contribution >= 4 is 23.8 Å². The van der Waals surface area contributed by atoms with Gasteiger partial charge in [0.05, 0.1) is 6.10 Å². The number of aliphatic hydroxyl groups excluding tert-OH is 1. The zero-order valence-electron chi connectivity index (χ0n) is 14.8. The van der Waals surface area contributed by atoms with Gasteiger partial charge in [-0.05, 0) is 18.1 Å². The Bertz CT molecular complexity index is 750. The van der Waals surface area contributed by atoms with Crippen LogP contribution in [-0.2, 0) is 27.3 Å². The van der Waals surface area contributed by atoms with E-state index in [1.54, 1.807) is 0 Å². The summed E-state index contributed by atoms with van der Waals surface area (Å²) in [5.41, 5.74) is 2.02. The average molecular weight is 375 g/mol. The van der Waals surface area contributed by atoms with Gasteiger partial charge in [0.1, 0.15) is 6.04 Å². The highest BCUT2D eigenvalue weighted by molar-refractivity contribution is 6.05. The summed E-state index contributed by atoms with van der Waals surface area (Å²) in [7, 11) is 0. The van der Waals surface area contributed by atoms with E-state index in [-0.39, 0.29) is 18.9 Å². The predicted octanol–water partition coefficient (Wildman–Crippen LogP) is -0.284. The Labute approximate surface area is 155 Å². The molecule has 144 valence electrons. The topological polar surface area (TPSA) is 127 Å². The first-order valence-electron chi connectivity index (χ1n) is 8.68. The smallest absolute Gasteiger partial charge is 0.328 e. The summed E-state index contributed by atoms with van der Waals surface area (Å²) in [6.45, 7) is 1.46. The van der Waals surface area contributed by atoms with Gasteiger partial charge in [0.2, 0.25) is 5.91 Å². The van der Waals surface area contributed by atoms with Crippen molar-refractivity contribution in [3.05, 3.63) is 35.4 Å². The molecule has 9 heteroatoms. The second kappa shape index (κ2) is 7.36. The van der Waals surface area contributed by atoms with Crippen molar-refractivity contribution < 1.29 is 29.4 Å². The molecule has 4 amide bonds. The molecule has 0 aliphatic carbocycles. The minimum absolute atomic E-state index is 0.140. The first-order chi connectivity index (χ1) is 12.8. The standard InChI is InChI=1S/C18H21N3O6/c1-10(22)15(17(25)26)19-14(23)6-7-20-16(24)13-8-11-4-2-3-5-12(11)9-21(13)18(20)27/h2-5,10,13,15,22H,6-9H2,1H3,(H,19,23)(H,25,26)/t10?,13-,15+/m0/s1. The lowest BCUT2D eigenvalue weighted by Crippen LogP contribution is -2.48. The Kier molecular flexibility index (Phi) is 5.13. The Hall–Kier alpha value is -2.94. The number of aliphatic hydroxyl groups is 1. The van der Waals surface area contributed by atoms with Crippen molar-refractivity contribution in [3.8, 4) is 0 Å². The average Bonchev–Trinajstić information content (AvgIpc) is 2.86. The molecule has 2 heterocycles. The van der Waals surface area contributed by atoms with Gasteiger partial charge in [-0.15, -0.1) is 0 Å². The largest absolute Gasteiger partial charge is 0.480 e. The third kappa shape index (κ3) is 3.63. The number of fused-ring (bicyclic) bond motifs is 2. The number of nitrogens with one attached hydrogen (secondary N) is 1. The van der Waals surface area contributed by atoms with Crippen LogP contribution in [-0.4, -0.2) is 68.6 Å². The molecule has 2 aliphatic rings. The number of carbonyl (C=O) groups is 4. The maximum Gasteiger partial charge on any atom is 0.328 e. The van der Waals surface area contributed by atoms with Gasteiger partial charge in [0, 0.05) is 25.9 Å². The summed E-state index contributed by atoms with van der Waals surface area (Å²) in [5, 5.41) is 20.6. The molecule has 3 atom stereocenters. The maximum absolute atomic E-state index is 12.6. The molecule has 0 aromatic heterocycles. The van der Waals surface area contributed by atoms with Crippen molar-refractivity contribution in [2.24, 2.45) is 0 Å². The fourth-order valence-corrected chi connectivity index (χ4v) is 3.43. The fourth-order valence-electron chi connectivity index (χ4n) is 3.43. The lowest BCUT2D eigenvalue weighted by molar-refractivity contribution is -0.145. The van der Waals surface area contributed by atoms with Crippen molar-refractivity contribution in [1.29, 1.82) is 0 Å². The molecule has 1 fully saturated rings. The van der Waals surface area contributed by atoms with E-state index in [4.69, 9.17) is 5.11 Å². The van der Waals surface area contributed by atoms with E-state index < -0.39 is 36.1 Å². The Morgan fingerprint density at radius 2 is 1.93 bits per heavy atom. The molecule has 27 heavy (non-hydrogen) atoms. The molecule has 0 bridgehead atoms. The van der Waals surface area contributed by atoms with Crippen LogP contribution < -0.4 is 5.32 Å². The number of nitrogens with zero attached hydrogens (tertiary/aromatic N) is 2. The van der Waals surface area contributed by atoms with Crippen molar-refractivity contribution in [1.82, 2.24) is 15.1 Å². The summed E-state index contributed by atoms with van der Waals surface area (Å²) in [5.74, 6) is -2.37. The van der Waals surface area contributed by atoms with Gasteiger partial charge in [-0.1, -0.05) is 24.3 Å². The number of carboxylic acid groups (broad SMARTS) is 1. The summed E-state index contributed by atoms with van der Waals surface area (Å²) >= 11 is 0. The number of imide groups is 1. The molecule has 2 aliphatic heterocycles. The SMILES string of the molecule is CC(O)[C@@H](NC(=O)CCN1C(=O)[C@@H]2Cc3ccccc3CN2C1=O)C(=O)O. The van der Waals surface area contributed by atoms with Gasteiger partial charge >= 0.3 is 12.0 Å². The maximum atomic E-state index is 12.6. The van der Waals surface area contributed by atoms with Crippen LogP contribution in [0.25, 0.3) is 0 Å². The van der Waals surface area contributed by atoms with Gasteiger partial charge < -0.3 is 20.4 Å². The Morgan fingerprint density at radius 3 is 2.56 bits per heavy atom. The number of carbonyl (C=O) groups excluding carboxylic acids is 3. The minimum atomic E-state index is -1.44. The van der Waals surface area contributed by atoms with Gasteiger partial charge in [-0.25, -0.2) is 9.59 Å². The zero-order valence-corrected chi connectivity index (χ0v) is 14.8. The molecule has 3 N–H and O–H groups in total. The third-order valence-corrected chi connectivity index (χ3v) is 4.90. The predicted molar refractivity (Wildman–Crippen MR) is 92.5 cm³/mol. The second-order valence-electron chi connectivity index (χ2n) is 6.76. The Morgan fingerprint density at radius 1 is 1.26 bits per heavy atom. The molecule has 1 unspecified atom stereocenters. The van der Waals surface area contributed by atoms with E-state index in [2.05, 4.69) is 5.32 Å². The van der Waals surface area contributed by atoms with E-state index in [9.17, 15) is 24.3 Å². The van der Waals surface area contributed by atoms with E-state index in [0.29, 0.717) is 13.0 Å². The van der Waals surface area contributed by atoms with Crippen LogP contribution in [0.3, 0.4) is 0 Å². The summed E-state index contributed by atoms with van der Waals surface area (Å²) in [6.07, 6.45) is -1.07. The van der Waals surface area contributed by atoms with E-state index in [0.717, 1.165) is 16.0 Å². The number of amides is 4. The second-order valence-corrected chi connectivity index (χ2v) is 6.76. The monoisotopic (exact) mass is 375 g/mol. The summed E-state index contributed by atoms with van der Waals surface area (Å²) in [6, 6.07) is 5.16. The molecule has 1 aromatic rings. The Balaban J connectivity index is 1.62. The number of rotatable bonds is 6. The van der Waals surface area contributed by atoms with Gasteiger partial charge in [-0.2, -0.15) is 0 Å². The molecule has 0 saturated carbocycles. The molecule has 1 saturated heterocycles. The number of carboxylic acids is 1. The third-order valence-electron chi connectivity index (χ3n) is 4.90. The van der Waals surface area contributed by atoms with Crippen LogP contribution in [0.15, 0.2) is 24.3 Å². The normalized spacial score (nSPS) is 20.7. The van der Waals surface area contributed by atoms with E-state index in [1.165, 1.54) is 11.8 Å². The highest BCUT2D eigenvalue weighted by atomic mass is 16.4. The van der Waals surface area contributed by atoms with Crippen molar-refractivity contribution in [2.45, 2.75) is 44.5 Å². The van der Waals surface area contributed by atoms with Crippen LogP contribution in [0, 0.1) is 0 Å². The van der Waals surface area contributed by atoms with E-state index >= 15 is 0 Å². The quantitative estimate of drug-likeness (QED) is 0.587. The molecule has 0 radical (unpaired) electrons. The van der Waals surface area contributed by atoms with Gasteiger partial charge in [-0.3, -0.25) is 14.5 Å². The van der Waals surface area contributed by atoms with Crippen molar-refractivity contribution in [2.75, 3.05) is 6.54 Å². The summed E-state index contributed by atoms with van der Waals surface area (Å²) in [4.78, 5) is 50.7. The van der Waals surface area contributed by atoms with Crippen LogP contribution >= 0.6 is 0 Å². The van der Waals surface area contributed by atoms with Gasteiger partial charge in [0.25, 0.3) is 5.91 Å². The highest BCUT2D eigenvalue weighted by Gasteiger charge is 2.46. The zero-order chi connectivity index (χ0) is 19.7. The fraction of sp³-hybridized carbons (Fsp3) is 0.444. The van der Waals surface area contributed by atoms with Crippen LogP contribution in [0.4, 0.5) is 4.79 Å². The number of hydrogen-bond acceptors (Lipinski definition) is 5. The first-order valence-corrected chi connectivity index (χ1v) is 8.68. The number of urea groups is 1. The minimum Gasteiger partial charge on any atom is -0.480 e. The van der Waals surface area contributed by atoms with E-state index in [1.807, 2.05) is 24.3 Å². The van der Waals surface area contributed by atoms with Gasteiger partial charge in [0.15, 0.2) is 6.04 Å². The highest BCUT2D eigenvalue weighted by Crippen LogP contribution is 2.29. The lowest BCUT2D eigenvalue weighted by Gasteiger charge is -2.28. The molecule has 1 aromatic carbocycles.